The van der Waals surface area contributed by atoms with E-state index in [4.69, 9.17) is 5.11 Å². The summed E-state index contributed by atoms with van der Waals surface area (Å²) in [4.78, 5) is 13.9. The molecule has 4 heteroatoms. The SMILES string of the molecule is O=C(Cc1ccc(F)cc1)N1CCC(CCO)C1. The van der Waals surface area contributed by atoms with Crippen LogP contribution in [0.15, 0.2) is 24.3 Å². The summed E-state index contributed by atoms with van der Waals surface area (Å²) in [7, 11) is 0. The van der Waals surface area contributed by atoms with E-state index in [1.807, 2.05) is 4.90 Å². The predicted octanol–water partition coefficient (Wildman–Crippen LogP) is 1.60. The molecular formula is C14H18FNO2. The molecule has 1 aliphatic rings. The van der Waals surface area contributed by atoms with Gasteiger partial charge in [-0.25, -0.2) is 4.39 Å². The van der Waals surface area contributed by atoms with Crippen LogP contribution < -0.4 is 0 Å². The Morgan fingerprint density at radius 1 is 1.39 bits per heavy atom. The zero-order chi connectivity index (χ0) is 13.0. The summed E-state index contributed by atoms with van der Waals surface area (Å²) in [5.74, 6) is 0.226. The molecule has 1 atom stereocenters. The number of amides is 1. The molecule has 0 spiro atoms. The average Bonchev–Trinajstić information content (AvgIpc) is 2.81. The maximum atomic E-state index is 12.7. The zero-order valence-corrected chi connectivity index (χ0v) is 10.3. The van der Waals surface area contributed by atoms with Gasteiger partial charge in [-0.3, -0.25) is 4.79 Å². The maximum Gasteiger partial charge on any atom is 0.226 e. The molecule has 1 aromatic rings. The van der Waals surface area contributed by atoms with Crippen LogP contribution in [-0.4, -0.2) is 35.6 Å². The summed E-state index contributed by atoms with van der Waals surface area (Å²) in [6, 6.07) is 6.05. The topological polar surface area (TPSA) is 40.5 Å². The molecule has 0 aliphatic carbocycles. The number of carbonyl (C=O) groups is 1. The van der Waals surface area contributed by atoms with Crippen molar-refractivity contribution in [1.82, 2.24) is 4.90 Å². The highest BCUT2D eigenvalue weighted by molar-refractivity contribution is 5.79. The Kier molecular flexibility index (Phi) is 4.31. The molecule has 1 fully saturated rings. The van der Waals surface area contributed by atoms with Crippen LogP contribution in [-0.2, 0) is 11.2 Å². The molecule has 1 aromatic carbocycles. The minimum Gasteiger partial charge on any atom is -0.396 e. The van der Waals surface area contributed by atoms with Crippen molar-refractivity contribution in [1.29, 1.82) is 0 Å². The summed E-state index contributed by atoms with van der Waals surface area (Å²) in [5.41, 5.74) is 0.840. The molecule has 1 amide bonds. The normalized spacial score (nSPS) is 19.2. The van der Waals surface area contributed by atoms with Crippen molar-refractivity contribution in [3.05, 3.63) is 35.6 Å². The highest BCUT2D eigenvalue weighted by Crippen LogP contribution is 2.20. The van der Waals surface area contributed by atoms with E-state index in [-0.39, 0.29) is 18.3 Å². The number of likely N-dealkylation sites (tertiary alicyclic amines) is 1. The number of halogens is 1. The molecule has 2 rings (SSSR count). The van der Waals surface area contributed by atoms with Gasteiger partial charge in [0.05, 0.1) is 6.42 Å². The predicted molar refractivity (Wildman–Crippen MR) is 66.5 cm³/mol. The fourth-order valence-electron chi connectivity index (χ4n) is 2.37. The van der Waals surface area contributed by atoms with Gasteiger partial charge in [0.15, 0.2) is 0 Å². The summed E-state index contributed by atoms with van der Waals surface area (Å²) in [6.45, 7) is 1.69. The van der Waals surface area contributed by atoms with Gasteiger partial charge in [0.1, 0.15) is 5.82 Å². The van der Waals surface area contributed by atoms with Crippen molar-refractivity contribution < 1.29 is 14.3 Å². The number of aliphatic hydroxyl groups excluding tert-OH is 1. The lowest BCUT2D eigenvalue weighted by molar-refractivity contribution is -0.129. The third-order valence-corrected chi connectivity index (χ3v) is 3.44. The largest absolute Gasteiger partial charge is 0.396 e. The monoisotopic (exact) mass is 251 g/mol. The number of aliphatic hydroxyl groups is 1. The molecule has 0 saturated carbocycles. The standard InChI is InChI=1S/C14H18FNO2/c15-13-3-1-11(2-4-13)9-14(18)16-7-5-12(10-16)6-8-17/h1-4,12,17H,5-10H2. The minimum atomic E-state index is -0.282. The van der Waals surface area contributed by atoms with Gasteiger partial charge >= 0.3 is 0 Å². The summed E-state index contributed by atoms with van der Waals surface area (Å²) in [6.07, 6.45) is 2.06. The summed E-state index contributed by atoms with van der Waals surface area (Å²) >= 11 is 0. The van der Waals surface area contributed by atoms with Crippen LogP contribution in [0.4, 0.5) is 4.39 Å². The number of nitrogens with zero attached hydrogens (tertiary/aromatic N) is 1. The van der Waals surface area contributed by atoms with Crippen molar-refractivity contribution in [2.45, 2.75) is 19.3 Å². The van der Waals surface area contributed by atoms with Gasteiger partial charge in [0.25, 0.3) is 0 Å². The van der Waals surface area contributed by atoms with Crippen molar-refractivity contribution in [3.8, 4) is 0 Å². The molecule has 0 aromatic heterocycles. The Morgan fingerprint density at radius 3 is 2.78 bits per heavy atom. The molecule has 18 heavy (non-hydrogen) atoms. The van der Waals surface area contributed by atoms with Gasteiger partial charge in [0, 0.05) is 19.7 Å². The van der Waals surface area contributed by atoms with Crippen LogP contribution in [0, 0.1) is 11.7 Å². The first-order chi connectivity index (χ1) is 8.69. The van der Waals surface area contributed by atoms with Crippen molar-refractivity contribution in [2.24, 2.45) is 5.92 Å². The highest BCUT2D eigenvalue weighted by atomic mass is 19.1. The second kappa shape index (κ2) is 5.96. The smallest absolute Gasteiger partial charge is 0.226 e. The molecule has 1 heterocycles. The molecule has 0 radical (unpaired) electrons. The zero-order valence-electron chi connectivity index (χ0n) is 10.3. The third-order valence-electron chi connectivity index (χ3n) is 3.44. The van der Waals surface area contributed by atoms with E-state index in [0.717, 1.165) is 31.5 Å². The van der Waals surface area contributed by atoms with E-state index in [2.05, 4.69) is 0 Å². The van der Waals surface area contributed by atoms with Crippen LogP contribution in [0.5, 0.6) is 0 Å². The molecule has 1 saturated heterocycles. The van der Waals surface area contributed by atoms with E-state index >= 15 is 0 Å². The first-order valence-electron chi connectivity index (χ1n) is 6.32. The van der Waals surface area contributed by atoms with E-state index in [9.17, 15) is 9.18 Å². The maximum absolute atomic E-state index is 12.7. The third kappa shape index (κ3) is 3.29. The molecule has 1 aliphatic heterocycles. The molecular weight excluding hydrogens is 233 g/mol. The molecule has 3 nitrogen and oxygen atoms in total. The molecule has 98 valence electrons. The lowest BCUT2D eigenvalue weighted by atomic mass is 10.1. The van der Waals surface area contributed by atoms with Gasteiger partial charge < -0.3 is 10.0 Å². The number of rotatable bonds is 4. The molecule has 0 bridgehead atoms. The van der Waals surface area contributed by atoms with Gasteiger partial charge in [-0.05, 0) is 36.5 Å². The fourth-order valence-corrected chi connectivity index (χ4v) is 2.37. The van der Waals surface area contributed by atoms with Crippen LogP contribution in [0.1, 0.15) is 18.4 Å². The molecule has 1 N–H and O–H groups in total. The first-order valence-corrected chi connectivity index (χ1v) is 6.32. The Bertz CT molecular complexity index is 405. The second-order valence-corrected chi connectivity index (χ2v) is 4.81. The Balaban J connectivity index is 1.87. The second-order valence-electron chi connectivity index (χ2n) is 4.81. The van der Waals surface area contributed by atoms with Gasteiger partial charge in [-0.1, -0.05) is 12.1 Å². The summed E-state index contributed by atoms with van der Waals surface area (Å²) in [5, 5.41) is 8.87. The van der Waals surface area contributed by atoms with E-state index in [1.54, 1.807) is 12.1 Å². The van der Waals surface area contributed by atoms with Gasteiger partial charge in [0.2, 0.25) is 5.91 Å². The van der Waals surface area contributed by atoms with E-state index in [0.29, 0.717) is 12.3 Å². The number of carbonyl (C=O) groups excluding carboxylic acids is 1. The number of hydrogen-bond donors (Lipinski definition) is 1. The van der Waals surface area contributed by atoms with Crippen LogP contribution >= 0.6 is 0 Å². The van der Waals surface area contributed by atoms with Gasteiger partial charge in [-0.2, -0.15) is 0 Å². The van der Waals surface area contributed by atoms with Crippen LogP contribution in [0.2, 0.25) is 0 Å². The summed E-state index contributed by atoms with van der Waals surface area (Å²) < 4.78 is 12.7. The highest BCUT2D eigenvalue weighted by Gasteiger charge is 2.25. The Hall–Kier alpha value is -1.42. The van der Waals surface area contributed by atoms with Crippen LogP contribution in [0.25, 0.3) is 0 Å². The van der Waals surface area contributed by atoms with Crippen molar-refractivity contribution >= 4 is 5.91 Å². The lowest BCUT2D eigenvalue weighted by Crippen LogP contribution is -2.30. The van der Waals surface area contributed by atoms with Gasteiger partial charge in [-0.15, -0.1) is 0 Å². The molecule has 1 unspecified atom stereocenters. The average molecular weight is 251 g/mol. The number of hydrogen-bond acceptors (Lipinski definition) is 2. The van der Waals surface area contributed by atoms with Crippen molar-refractivity contribution in [2.75, 3.05) is 19.7 Å². The van der Waals surface area contributed by atoms with Crippen molar-refractivity contribution in [3.63, 3.8) is 0 Å². The Labute approximate surface area is 106 Å². The Morgan fingerprint density at radius 2 is 2.11 bits per heavy atom. The lowest BCUT2D eigenvalue weighted by Gasteiger charge is -2.16. The van der Waals surface area contributed by atoms with E-state index < -0.39 is 0 Å². The fraction of sp³-hybridized carbons (Fsp3) is 0.500. The van der Waals surface area contributed by atoms with Crippen LogP contribution in [0.3, 0.4) is 0 Å². The van der Waals surface area contributed by atoms with E-state index in [1.165, 1.54) is 12.1 Å². The number of benzene rings is 1. The minimum absolute atomic E-state index is 0.0852. The quantitative estimate of drug-likeness (QED) is 0.883. The first kappa shape index (κ1) is 13.0.